The standard InChI is InChI=1S/C19H22N2O4S/c1-13(14-6-4-3-5-7-14)20-19(22)15-8-11-17(25-2)18(12-15)26(23,24)21-16-9-10-16/h3-8,11-13,16,21H,9-10H2,1-2H3,(H,20,22). The lowest BCUT2D eigenvalue weighted by molar-refractivity contribution is 0.0939. The van der Waals surface area contributed by atoms with Crippen molar-refractivity contribution in [3.8, 4) is 5.75 Å². The van der Waals surface area contributed by atoms with Crippen LogP contribution in [0.1, 0.15) is 41.7 Å². The van der Waals surface area contributed by atoms with Crippen molar-refractivity contribution in [3.63, 3.8) is 0 Å². The van der Waals surface area contributed by atoms with Crippen LogP contribution in [-0.2, 0) is 10.0 Å². The monoisotopic (exact) mass is 374 g/mol. The van der Waals surface area contributed by atoms with E-state index in [9.17, 15) is 13.2 Å². The van der Waals surface area contributed by atoms with Crippen LogP contribution >= 0.6 is 0 Å². The molecule has 1 amide bonds. The number of methoxy groups -OCH3 is 1. The van der Waals surface area contributed by atoms with Crippen LogP contribution in [0.5, 0.6) is 5.75 Å². The van der Waals surface area contributed by atoms with Gasteiger partial charge in [0.2, 0.25) is 10.0 Å². The van der Waals surface area contributed by atoms with Crippen LogP contribution < -0.4 is 14.8 Å². The number of benzene rings is 2. The molecule has 1 fully saturated rings. The van der Waals surface area contributed by atoms with Crippen LogP contribution in [0.3, 0.4) is 0 Å². The molecule has 6 nitrogen and oxygen atoms in total. The van der Waals surface area contributed by atoms with Gasteiger partial charge in [-0.1, -0.05) is 30.3 Å². The van der Waals surface area contributed by atoms with Crippen molar-refractivity contribution < 1.29 is 17.9 Å². The predicted molar refractivity (Wildman–Crippen MR) is 98.7 cm³/mol. The van der Waals surface area contributed by atoms with Crippen LogP contribution in [0.25, 0.3) is 0 Å². The zero-order valence-electron chi connectivity index (χ0n) is 14.7. The van der Waals surface area contributed by atoms with Crippen molar-refractivity contribution in [2.24, 2.45) is 0 Å². The summed E-state index contributed by atoms with van der Waals surface area (Å²) in [5.74, 6) is -0.127. The molecule has 0 aliphatic heterocycles. The molecule has 7 heteroatoms. The Morgan fingerprint density at radius 1 is 1.15 bits per heavy atom. The molecule has 0 bridgehead atoms. The largest absolute Gasteiger partial charge is 0.495 e. The minimum absolute atomic E-state index is 0.0214. The third kappa shape index (κ3) is 4.23. The number of amides is 1. The number of hydrogen-bond donors (Lipinski definition) is 2. The zero-order chi connectivity index (χ0) is 18.7. The molecule has 1 aliphatic rings. The molecule has 138 valence electrons. The van der Waals surface area contributed by atoms with Crippen molar-refractivity contribution in [3.05, 3.63) is 59.7 Å². The fourth-order valence-electron chi connectivity index (χ4n) is 2.62. The molecule has 26 heavy (non-hydrogen) atoms. The van der Waals surface area contributed by atoms with E-state index >= 15 is 0 Å². The van der Waals surface area contributed by atoms with Gasteiger partial charge in [-0.3, -0.25) is 4.79 Å². The van der Waals surface area contributed by atoms with Gasteiger partial charge >= 0.3 is 0 Å². The van der Waals surface area contributed by atoms with Gasteiger partial charge in [-0.05, 0) is 43.5 Å². The van der Waals surface area contributed by atoms with Gasteiger partial charge in [-0.25, -0.2) is 13.1 Å². The summed E-state index contributed by atoms with van der Waals surface area (Å²) in [5, 5.41) is 2.89. The summed E-state index contributed by atoms with van der Waals surface area (Å²) in [7, 11) is -2.33. The summed E-state index contributed by atoms with van der Waals surface area (Å²) in [4.78, 5) is 12.6. The van der Waals surface area contributed by atoms with Gasteiger partial charge in [-0.15, -0.1) is 0 Å². The number of carbonyl (C=O) groups excluding carboxylic acids is 1. The molecule has 2 aromatic carbocycles. The smallest absolute Gasteiger partial charge is 0.251 e. The number of carbonyl (C=O) groups is 1. The van der Waals surface area contributed by atoms with Crippen LogP contribution in [0.2, 0.25) is 0 Å². The number of ether oxygens (including phenoxy) is 1. The van der Waals surface area contributed by atoms with E-state index in [0.29, 0.717) is 0 Å². The summed E-state index contributed by atoms with van der Waals surface area (Å²) >= 11 is 0. The van der Waals surface area contributed by atoms with Gasteiger partial charge in [0.15, 0.2) is 0 Å². The molecule has 0 heterocycles. The van der Waals surface area contributed by atoms with Crippen molar-refractivity contribution in [1.82, 2.24) is 10.0 Å². The molecule has 1 atom stereocenters. The molecular weight excluding hydrogens is 352 g/mol. The highest BCUT2D eigenvalue weighted by atomic mass is 32.2. The second-order valence-corrected chi connectivity index (χ2v) is 8.05. The van der Waals surface area contributed by atoms with E-state index in [1.165, 1.54) is 19.2 Å². The second-order valence-electron chi connectivity index (χ2n) is 6.37. The van der Waals surface area contributed by atoms with E-state index < -0.39 is 10.0 Å². The SMILES string of the molecule is COc1ccc(C(=O)NC(C)c2ccccc2)cc1S(=O)(=O)NC1CC1. The zero-order valence-corrected chi connectivity index (χ0v) is 15.5. The summed E-state index contributed by atoms with van der Waals surface area (Å²) < 4.78 is 32.9. The Bertz CT molecular complexity index is 893. The average Bonchev–Trinajstić information content (AvgIpc) is 3.45. The Balaban J connectivity index is 1.83. The maximum absolute atomic E-state index is 12.6. The Morgan fingerprint density at radius 3 is 2.46 bits per heavy atom. The first kappa shape index (κ1) is 18.4. The quantitative estimate of drug-likeness (QED) is 0.780. The maximum Gasteiger partial charge on any atom is 0.251 e. The van der Waals surface area contributed by atoms with Crippen LogP contribution in [0.4, 0.5) is 0 Å². The number of rotatable bonds is 7. The van der Waals surface area contributed by atoms with Crippen molar-refractivity contribution in [2.45, 2.75) is 36.7 Å². The highest BCUT2D eigenvalue weighted by Gasteiger charge is 2.30. The Labute approximate surface area is 153 Å². The van der Waals surface area contributed by atoms with Gasteiger partial charge in [-0.2, -0.15) is 0 Å². The first-order valence-electron chi connectivity index (χ1n) is 8.47. The number of sulfonamides is 1. The van der Waals surface area contributed by atoms with Crippen molar-refractivity contribution >= 4 is 15.9 Å². The first-order valence-corrected chi connectivity index (χ1v) is 9.95. The van der Waals surface area contributed by atoms with Crippen molar-refractivity contribution in [2.75, 3.05) is 7.11 Å². The minimum Gasteiger partial charge on any atom is -0.495 e. The molecule has 2 N–H and O–H groups in total. The third-order valence-electron chi connectivity index (χ3n) is 4.26. The second kappa shape index (κ2) is 7.47. The first-order chi connectivity index (χ1) is 12.4. The number of nitrogens with one attached hydrogen (secondary N) is 2. The van der Waals surface area contributed by atoms with E-state index in [2.05, 4.69) is 10.0 Å². The summed E-state index contributed by atoms with van der Waals surface area (Å²) in [6, 6.07) is 13.8. The molecule has 0 radical (unpaired) electrons. The Hall–Kier alpha value is -2.38. The molecule has 0 saturated heterocycles. The fraction of sp³-hybridized carbons (Fsp3) is 0.316. The lowest BCUT2D eigenvalue weighted by atomic mass is 10.1. The van der Waals surface area contributed by atoms with Crippen LogP contribution in [-0.4, -0.2) is 27.5 Å². The van der Waals surface area contributed by atoms with E-state index in [1.54, 1.807) is 6.07 Å². The minimum atomic E-state index is -3.73. The van der Waals surface area contributed by atoms with E-state index in [4.69, 9.17) is 4.74 Å². The molecular formula is C19H22N2O4S. The van der Waals surface area contributed by atoms with Gasteiger partial charge in [0.1, 0.15) is 10.6 Å². The topological polar surface area (TPSA) is 84.5 Å². The van der Waals surface area contributed by atoms with Gasteiger partial charge in [0, 0.05) is 11.6 Å². The Kier molecular flexibility index (Phi) is 5.29. The van der Waals surface area contributed by atoms with Crippen molar-refractivity contribution in [1.29, 1.82) is 0 Å². The molecule has 3 rings (SSSR count). The van der Waals surface area contributed by atoms with Crippen LogP contribution in [0.15, 0.2) is 53.4 Å². The third-order valence-corrected chi connectivity index (χ3v) is 5.80. The van der Waals surface area contributed by atoms with Gasteiger partial charge < -0.3 is 10.1 Å². The summed E-state index contributed by atoms with van der Waals surface area (Å²) in [6.45, 7) is 1.88. The maximum atomic E-state index is 12.6. The molecule has 2 aromatic rings. The van der Waals surface area contributed by atoms with Gasteiger partial charge in [0.25, 0.3) is 5.91 Å². The molecule has 0 spiro atoms. The number of hydrogen-bond acceptors (Lipinski definition) is 4. The van der Waals surface area contributed by atoms with Gasteiger partial charge in [0.05, 0.1) is 13.2 Å². The lowest BCUT2D eigenvalue weighted by Gasteiger charge is -2.16. The van der Waals surface area contributed by atoms with E-state index in [-0.39, 0.29) is 34.2 Å². The molecule has 1 aliphatic carbocycles. The fourth-order valence-corrected chi connectivity index (χ4v) is 4.12. The Morgan fingerprint density at radius 2 is 1.85 bits per heavy atom. The van der Waals surface area contributed by atoms with E-state index in [0.717, 1.165) is 18.4 Å². The van der Waals surface area contributed by atoms with Crippen LogP contribution in [0, 0.1) is 0 Å². The summed E-state index contributed by atoms with van der Waals surface area (Å²) in [5.41, 5.74) is 1.24. The predicted octanol–water partition coefficient (Wildman–Crippen LogP) is 2.63. The molecule has 1 saturated carbocycles. The van der Waals surface area contributed by atoms with E-state index in [1.807, 2.05) is 37.3 Å². The normalized spacial score (nSPS) is 15.3. The molecule has 0 aromatic heterocycles. The summed E-state index contributed by atoms with van der Waals surface area (Å²) in [6.07, 6.45) is 1.66. The lowest BCUT2D eigenvalue weighted by Crippen LogP contribution is -2.28. The highest BCUT2D eigenvalue weighted by molar-refractivity contribution is 7.89. The average molecular weight is 374 g/mol. The highest BCUT2D eigenvalue weighted by Crippen LogP contribution is 2.28. The molecule has 1 unspecified atom stereocenters.